The van der Waals surface area contributed by atoms with E-state index in [4.69, 9.17) is 5.73 Å². The highest BCUT2D eigenvalue weighted by atomic mass is 16.1. The van der Waals surface area contributed by atoms with Crippen molar-refractivity contribution in [2.24, 2.45) is 5.73 Å². The Morgan fingerprint density at radius 2 is 2.56 bits per heavy atom. The van der Waals surface area contributed by atoms with E-state index in [9.17, 15) is 4.79 Å². The summed E-state index contributed by atoms with van der Waals surface area (Å²) in [5.41, 5.74) is 6.45. The van der Waals surface area contributed by atoms with Gasteiger partial charge in [-0.15, -0.1) is 0 Å². The maximum atomic E-state index is 10.7. The molecular weight excluding hydrogens is 116 g/mol. The molecule has 1 amide bonds. The van der Waals surface area contributed by atoms with E-state index in [1.807, 2.05) is 13.0 Å². The van der Waals surface area contributed by atoms with Gasteiger partial charge in [-0.2, -0.15) is 0 Å². The number of carbonyl (C=O) groups excluding carboxylic acids is 1. The predicted molar refractivity (Wildman–Crippen MR) is 34.5 cm³/mol. The average molecular weight is 126 g/mol. The Balaban J connectivity index is 2.67. The molecule has 1 heterocycles. The molecule has 0 spiro atoms. The van der Waals surface area contributed by atoms with Crippen molar-refractivity contribution in [3.63, 3.8) is 0 Å². The van der Waals surface area contributed by atoms with E-state index in [0.717, 1.165) is 5.57 Å². The maximum Gasteiger partial charge on any atom is 0.225 e. The Bertz CT molecular complexity index is 162. The number of nitrogens with two attached hydrogens (primary N) is 1. The lowest BCUT2D eigenvalue weighted by Crippen LogP contribution is -2.42. The fraction of sp³-hybridized carbons (Fsp3) is 0.500. The highest BCUT2D eigenvalue weighted by molar-refractivity contribution is 5.80. The van der Waals surface area contributed by atoms with Crippen LogP contribution in [0.1, 0.15) is 13.3 Å². The van der Waals surface area contributed by atoms with Crippen LogP contribution >= 0.6 is 0 Å². The molecule has 0 fully saturated rings. The first kappa shape index (κ1) is 6.29. The van der Waals surface area contributed by atoms with Gasteiger partial charge >= 0.3 is 0 Å². The summed E-state index contributed by atoms with van der Waals surface area (Å²) in [6, 6.07) is 0. The van der Waals surface area contributed by atoms with Crippen LogP contribution in [0.5, 0.6) is 0 Å². The summed E-state index contributed by atoms with van der Waals surface area (Å²) < 4.78 is 0. The zero-order valence-corrected chi connectivity index (χ0v) is 5.35. The van der Waals surface area contributed by atoms with E-state index in [2.05, 4.69) is 5.32 Å². The second-order valence-corrected chi connectivity index (χ2v) is 2.28. The summed E-state index contributed by atoms with van der Waals surface area (Å²) in [4.78, 5) is 10.7. The first-order valence-corrected chi connectivity index (χ1v) is 2.91. The van der Waals surface area contributed by atoms with Gasteiger partial charge in [-0.25, -0.2) is 0 Å². The largest absolute Gasteiger partial charge is 0.337 e. The molecule has 1 aliphatic heterocycles. The van der Waals surface area contributed by atoms with Crippen molar-refractivity contribution in [1.29, 1.82) is 0 Å². The van der Waals surface area contributed by atoms with Crippen LogP contribution in [-0.2, 0) is 4.79 Å². The molecule has 0 aromatic heterocycles. The maximum absolute atomic E-state index is 10.7. The smallest absolute Gasteiger partial charge is 0.225 e. The Hall–Kier alpha value is -0.830. The summed E-state index contributed by atoms with van der Waals surface area (Å²) in [5, 5.41) is 2.57. The van der Waals surface area contributed by atoms with Crippen LogP contribution in [0.3, 0.4) is 0 Å². The van der Waals surface area contributed by atoms with Crippen molar-refractivity contribution in [2.75, 3.05) is 0 Å². The highest BCUT2D eigenvalue weighted by Crippen LogP contribution is 2.04. The minimum atomic E-state index is -0.272. The minimum absolute atomic E-state index is 0.0162. The van der Waals surface area contributed by atoms with E-state index in [1.165, 1.54) is 0 Å². The second kappa shape index (κ2) is 2.19. The zero-order valence-electron chi connectivity index (χ0n) is 5.35. The third kappa shape index (κ3) is 1.54. The number of hydrogen-bond acceptors (Lipinski definition) is 2. The normalized spacial score (nSPS) is 27.1. The van der Waals surface area contributed by atoms with Gasteiger partial charge < -0.3 is 11.1 Å². The van der Waals surface area contributed by atoms with E-state index in [1.54, 1.807) is 0 Å². The van der Waals surface area contributed by atoms with Crippen molar-refractivity contribution >= 4 is 5.91 Å². The number of rotatable bonds is 0. The van der Waals surface area contributed by atoms with E-state index >= 15 is 0 Å². The van der Waals surface area contributed by atoms with E-state index in [0.29, 0.717) is 6.42 Å². The molecule has 0 saturated carbocycles. The van der Waals surface area contributed by atoms with Crippen molar-refractivity contribution in [3.8, 4) is 0 Å². The lowest BCUT2D eigenvalue weighted by Gasteiger charge is -2.16. The molecule has 9 heavy (non-hydrogen) atoms. The lowest BCUT2D eigenvalue weighted by molar-refractivity contribution is -0.121. The van der Waals surface area contributed by atoms with Gasteiger partial charge in [0.25, 0.3) is 0 Å². The number of amides is 1. The van der Waals surface area contributed by atoms with E-state index < -0.39 is 0 Å². The minimum Gasteiger partial charge on any atom is -0.337 e. The summed E-state index contributed by atoms with van der Waals surface area (Å²) in [7, 11) is 0. The molecular formula is C6H10N2O. The Morgan fingerprint density at radius 3 is 3.00 bits per heavy atom. The van der Waals surface area contributed by atoms with Crippen molar-refractivity contribution in [2.45, 2.75) is 19.5 Å². The Kier molecular flexibility index (Phi) is 1.53. The molecule has 0 bridgehead atoms. The third-order valence-corrected chi connectivity index (χ3v) is 1.23. The number of carbonyl (C=O) groups is 1. The third-order valence-electron chi connectivity index (χ3n) is 1.23. The van der Waals surface area contributed by atoms with Crippen LogP contribution in [0, 0.1) is 0 Å². The average Bonchev–Trinajstić information content (AvgIpc) is 1.59. The topological polar surface area (TPSA) is 55.1 Å². The van der Waals surface area contributed by atoms with Gasteiger partial charge in [0.2, 0.25) is 5.91 Å². The van der Waals surface area contributed by atoms with Crippen molar-refractivity contribution < 1.29 is 4.79 Å². The molecule has 1 atom stereocenters. The van der Waals surface area contributed by atoms with Gasteiger partial charge in [0, 0.05) is 6.42 Å². The molecule has 3 nitrogen and oxygen atoms in total. The lowest BCUT2D eigenvalue weighted by atomic mass is 10.1. The highest BCUT2D eigenvalue weighted by Gasteiger charge is 2.11. The second-order valence-electron chi connectivity index (χ2n) is 2.28. The molecule has 3 heteroatoms. The summed E-state index contributed by atoms with van der Waals surface area (Å²) >= 11 is 0. The van der Waals surface area contributed by atoms with Crippen LogP contribution in [0.25, 0.3) is 0 Å². The summed E-state index contributed by atoms with van der Waals surface area (Å²) in [6.07, 6.45) is 2.07. The molecule has 0 aliphatic carbocycles. The van der Waals surface area contributed by atoms with Crippen LogP contribution in [0.2, 0.25) is 0 Å². The SMILES string of the molecule is CC1=CC(N)NC(=O)C1. The Labute approximate surface area is 53.9 Å². The van der Waals surface area contributed by atoms with Crippen LogP contribution in [0.15, 0.2) is 11.6 Å². The Morgan fingerprint density at radius 1 is 1.89 bits per heavy atom. The summed E-state index contributed by atoms with van der Waals surface area (Å²) in [6.45, 7) is 1.90. The fourth-order valence-corrected chi connectivity index (χ4v) is 0.897. The zero-order chi connectivity index (χ0) is 6.85. The quantitative estimate of drug-likeness (QED) is 0.439. The first-order chi connectivity index (χ1) is 4.18. The fourth-order valence-electron chi connectivity index (χ4n) is 0.897. The van der Waals surface area contributed by atoms with E-state index in [-0.39, 0.29) is 12.1 Å². The van der Waals surface area contributed by atoms with Crippen LogP contribution in [-0.4, -0.2) is 12.1 Å². The number of nitrogens with one attached hydrogen (secondary N) is 1. The standard InChI is InChI=1S/C6H10N2O/c1-4-2-5(7)8-6(9)3-4/h2,5H,3,7H2,1H3,(H,8,9). The summed E-state index contributed by atoms with van der Waals surface area (Å²) in [5.74, 6) is 0.0162. The van der Waals surface area contributed by atoms with Crippen LogP contribution < -0.4 is 11.1 Å². The monoisotopic (exact) mass is 126 g/mol. The molecule has 0 radical (unpaired) electrons. The molecule has 1 rings (SSSR count). The van der Waals surface area contributed by atoms with Gasteiger partial charge in [0.15, 0.2) is 0 Å². The van der Waals surface area contributed by atoms with Crippen molar-refractivity contribution in [3.05, 3.63) is 11.6 Å². The van der Waals surface area contributed by atoms with Gasteiger partial charge in [-0.3, -0.25) is 4.79 Å². The van der Waals surface area contributed by atoms with Crippen molar-refractivity contribution in [1.82, 2.24) is 5.32 Å². The number of hydrogen-bond donors (Lipinski definition) is 2. The molecule has 0 aromatic rings. The molecule has 0 aromatic carbocycles. The first-order valence-electron chi connectivity index (χ1n) is 2.91. The molecule has 1 aliphatic rings. The van der Waals surface area contributed by atoms with Gasteiger partial charge in [-0.1, -0.05) is 5.57 Å². The molecule has 50 valence electrons. The molecule has 0 saturated heterocycles. The van der Waals surface area contributed by atoms with Gasteiger partial charge in [-0.05, 0) is 13.0 Å². The molecule has 1 unspecified atom stereocenters. The predicted octanol–water partition coefficient (Wildman–Crippen LogP) is -0.263. The molecule has 3 N–H and O–H groups in total. The van der Waals surface area contributed by atoms with Crippen LogP contribution in [0.4, 0.5) is 0 Å². The van der Waals surface area contributed by atoms with Gasteiger partial charge in [0.1, 0.15) is 0 Å². The van der Waals surface area contributed by atoms with Gasteiger partial charge in [0.05, 0.1) is 6.17 Å².